The van der Waals surface area contributed by atoms with Crippen molar-refractivity contribution in [2.75, 3.05) is 0 Å². The molecule has 0 aliphatic rings. The Balaban J connectivity index is 3.05. The van der Waals surface area contributed by atoms with Crippen LogP contribution in [0.15, 0.2) is 41.0 Å². The number of azide groups is 1. The molecule has 1 aromatic carbocycles. The van der Waals surface area contributed by atoms with Gasteiger partial charge in [-0.25, -0.2) is 0 Å². The van der Waals surface area contributed by atoms with Gasteiger partial charge in [0.1, 0.15) is 0 Å². The maximum atomic E-state index is 8.19. The smallest absolute Gasteiger partial charge is 0.0560 e. The summed E-state index contributed by atoms with van der Waals surface area (Å²) in [5.41, 5.74) is 10.7. The third kappa shape index (κ3) is 2.02. The van der Waals surface area contributed by atoms with Gasteiger partial charge in [0.15, 0.2) is 0 Å². The van der Waals surface area contributed by atoms with E-state index < -0.39 is 0 Å². The minimum atomic E-state index is 0.430. The monoisotopic (exact) mass is 179 g/mol. The molecule has 1 aromatic rings. The molecule has 0 aromatic heterocycles. The fourth-order valence-electron chi connectivity index (χ4n) is 0.800. The van der Waals surface area contributed by atoms with Crippen molar-refractivity contribution in [2.24, 2.45) is 5.11 Å². The first-order valence-corrected chi connectivity index (χ1v) is 3.73. The van der Waals surface area contributed by atoms with Gasteiger partial charge >= 0.3 is 0 Å². The third-order valence-electron chi connectivity index (χ3n) is 1.33. The highest BCUT2D eigenvalue weighted by Crippen LogP contribution is 2.15. The van der Waals surface area contributed by atoms with Gasteiger partial charge in [-0.05, 0) is 11.1 Å². The molecule has 12 heavy (non-hydrogen) atoms. The Kier molecular flexibility index (Phi) is 3.20. The average Bonchev–Trinajstić information content (AvgIpc) is 2.15. The van der Waals surface area contributed by atoms with Crippen LogP contribution in [0.1, 0.15) is 5.56 Å². The van der Waals surface area contributed by atoms with E-state index in [0.717, 1.165) is 5.56 Å². The van der Waals surface area contributed by atoms with Gasteiger partial charge in [-0.3, -0.25) is 0 Å². The van der Waals surface area contributed by atoms with E-state index in [4.69, 9.17) is 17.1 Å². The number of rotatable bonds is 2. The third-order valence-corrected chi connectivity index (χ3v) is 1.53. The fourth-order valence-corrected chi connectivity index (χ4v) is 0.969. The first-order chi connectivity index (χ1) is 5.88. The molecule has 0 atom stereocenters. The predicted molar refractivity (Wildman–Crippen MR) is 49.4 cm³/mol. The van der Waals surface area contributed by atoms with Crippen molar-refractivity contribution in [2.45, 2.75) is 0 Å². The van der Waals surface area contributed by atoms with Gasteiger partial charge in [0, 0.05) is 10.4 Å². The Morgan fingerprint density at radius 2 is 2.08 bits per heavy atom. The summed E-state index contributed by atoms with van der Waals surface area (Å²) in [5, 5.41) is 3.42. The summed E-state index contributed by atoms with van der Waals surface area (Å²) in [4.78, 5) is 2.66. The van der Waals surface area contributed by atoms with E-state index in [1.807, 2.05) is 30.3 Å². The summed E-state index contributed by atoms with van der Waals surface area (Å²) < 4.78 is 0. The van der Waals surface area contributed by atoms with E-state index in [1.54, 1.807) is 0 Å². The topological polar surface area (TPSA) is 48.8 Å². The minimum Gasteiger partial charge on any atom is -0.0924 e. The lowest BCUT2D eigenvalue weighted by atomic mass is 10.2. The number of nitrogens with zero attached hydrogens (tertiary/aromatic N) is 3. The van der Waals surface area contributed by atoms with Crippen LogP contribution < -0.4 is 0 Å². The van der Waals surface area contributed by atoms with Crippen molar-refractivity contribution in [1.29, 1.82) is 0 Å². The summed E-state index contributed by atoms with van der Waals surface area (Å²) in [6.45, 7) is 0. The van der Waals surface area contributed by atoms with Crippen LogP contribution in [0.2, 0.25) is 0 Å². The Labute approximate surface area is 74.9 Å². The molecular formula is C8H6ClN3. The number of hydrogen-bond acceptors (Lipinski definition) is 1. The molecule has 0 N–H and O–H groups in total. The number of hydrogen-bond donors (Lipinski definition) is 0. The highest BCUT2D eigenvalue weighted by Gasteiger charge is 1.94. The summed E-state index contributed by atoms with van der Waals surface area (Å²) >= 11 is 5.45. The lowest BCUT2D eigenvalue weighted by Crippen LogP contribution is -1.76. The van der Waals surface area contributed by atoms with Crippen LogP contribution in [0, 0.1) is 0 Å². The van der Waals surface area contributed by atoms with Gasteiger partial charge in [0.05, 0.1) is 5.70 Å². The van der Waals surface area contributed by atoms with Crippen LogP contribution in [-0.2, 0) is 0 Å². The second kappa shape index (κ2) is 4.44. The van der Waals surface area contributed by atoms with Crippen LogP contribution in [0.3, 0.4) is 0 Å². The molecule has 0 fully saturated rings. The lowest BCUT2D eigenvalue weighted by Gasteiger charge is -1.96. The maximum Gasteiger partial charge on any atom is 0.0560 e. The lowest BCUT2D eigenvalue weighted by molar-refractivity contribution is 1.48. The van der Waals surface area contributed by atoms with E-state index in [9.17, 15) is 0 Å². The van der Waals surface area contributed by atoms with Gasteiger partial charge in [-0.15, -0.1) is 0 Å². The molecule has 0 unspecified atom stereocenters. The van der Waals surface area contributed by atoms with Crippen molar-refractivity contribution < 1.29 is 0 Å². The molecule has 0 radical (unpaired) electrons. The van der Waals surface area contributed by atoms with Crippen LogP contribution >= 0.6 is 11.6 Å². The summed E-state index contributed by atoms with van der Waals surface area (Å²) in [6.07, 6.45) is 0. The molecule has 0 spiro atoms. The van der Waals surface area contributed by atoms with Gasteiger partial charge in [-0.2, -0.15) is 0 Å². The molecule has 0 amide bonds. The molecule has 1 rings (SSSR count). The van der Waals surface area contributed by atoms with Crippen LogP contribution in [-0.4, -0.2) is 0 Å². The Hall–Kier alpha value is -1.44. The van der Waals surface area contributed by atoms with E-state index in [-0.39, 0.29) is 0 Å². The maximum absolute atomic E-state index is 8.19. The quantitative estimate of drug-likeness (QED) is 0.379. The first kappa shape index (κ1) is 8.65. The van der Waals surface area contributed by atoms with Gasteiger partial charge < -0.3 is 0 Å². The van der Waals surface area contributed by atoms with Crippen LogP contribution in [0.25, 0.3) is 16.1 Å². The zero-order valence-electron chi connectivity index (χ0n) is 6.18. The Morgan fingerprint density at radius 1 is 1.42 bits per heavy atom. The normalized spacial score (nSPS) is 10.6. The van der Waals surface area contributed by atoms with Crippen molar-refractivity contribution in [3.8, 4) is 0 Å². The Morgan fingerprint density at radius 3 is 2.58 bits per heavy atom. The molecule has 0 heterocycles. The second-order valence-corrected chi connectivity index (χ2v) is 2.27. The fraction of sp³-hybridized carbons (Fsp3) is 0. The highest BCUT2D eigenvalue weighted by atomic mass is 35.5. The zero-order valence-corrected chi connectivity index (χ0v) is 6.94. The molecule has 0 bridgehead atoms. The average molecular weight is 180 g/mol. The molecule has 3 nitrogen and oxygen atoms in total. The standard InChI is InChI=1S/C8H6ClN3/c9-6-8(11-12-10)7-4-2-1-3-5-7/h1-6H/b8-6-. The predicted octanol–water partition coefficient (Wildman–Crippen LogP) is 3.53. The SMILES string of the molecule is [N-]=[N+]=N/C(=C\Cl)c1ccccc1. The first-order valence-electron chi connectivity index (χ1n) is 3.29. The van der Waals surface area contributed by atoms with E-state index >= 15 is 0 Å². The molecule has 0 saturated carbocycles. The van der Waals surface area contributed by atoms with E-state index in [2.05, 4.69) is 10.0 Å². The van der Waals surface area contributed by atoms with E-state index in [1.165, 1.54) is 5.54 Å². The summed E-state index contributed by atoms with van der Waals surface area (Å²) in [6, 6.07) is 9.22. The van der Waals surface area contributed by atoms with Crippen molar-refractivity contribution in [1.82, 2.24) is 0 Å². The van der Waals surface area contributed by atoms with Gasteiger partial charge in [-0.1, -0.05) is 47.0 Å². The summed E-state index contributed by atoms with van der Waals surface area (Å²) in [5.74, 6) is 0. The van der Waals surface area contributed by atoms with Crippen LogP contribution in [0.4, 0.5) is 0 Å². The zero-order chi connectivity index (χ0) is 8.81. The number of halogens is 1. The molecule has 60 valence electrons. The van der Waals surface area contributed by atoms with Gasteiger partial charge in [0.2, 0.25) is 0 Å². The number of benzene rings is 1. The van der Waals surface area contributed by atoms with E-state index in [0.29, 0.717) is 5.70 Å². The highest BCUT2D eigenvalue weighted by molar-refractivity contribution is 6.28. The van der Waals surface area contributed by atoms with Crippen molar-refractivity contribution in [3.63, 3.8) is 0 Å². The minimum absolute atomic E-state index is 0.430. The molecule has 0 aliphatic carbocycles. The molecule has 4 heteroatoms. The molecular weight excluding hydrogens is 174 g/mol. The van der Waals surface area contributed by atoms with Crippen molar-refractivity contribution in [3.05, 3.63) is 51.9 Å². The largest absolute Gasteiger partial charge is 0.0924 e. The van der Waals surface area contributed by atoms with Crippen LogP contribution in [0.5, 0.6) is 0 Å². The van der Waals surface area contributed by atoms with Gasteiger partial charge in [0.25, 0.3) is 0 Å². The molecule has 0 saturated heterocycles. The van der Waals surface area contributed by atoms with Crippen molar-refractivity contribution >= 4 is 17.3 Å². The molecule has 0 aliphatic heterocycles. The Bertz CT molecular complexity index is 325. The summed E-state index contributed by atoms with van der Waals surface area (Å²) in [7, 11) is 0. The second-order valence-electron chi connectivity index (χ2n) is 2.05.